The molecule has 0 aliphatic heterocycles. The molecule has 0 heterocycles. The molecule has 5 heteroatoms. The maximum atomic E-state index is 9.78. The number of carbonyl (C=O) groups is 2. The van der Waals surface area contributed by atoms with Crippen LogP contribution in [-0.4, -0.2) is 28.2 Å². The van der Waals surface area contributed by atoms with Crippen molar-refractivity contribution in [2.24, 2.45) is 0 Å². The van der Waals surface area contributed by atoms with Gasteiger partial charge in [0.1, 0.15) is 6.04 Å². The molecule has 1 radical (unpaired) electrons. The Hall–Kier alpha value is -1.10. The van der Waals surface area contributed by atoms with Gasteiger partial charge in [-0.05, 0) is 0 Å². The number of hydrogen-bond donors (Lipinski definition) is 2. The summed E-state index contributed by atoms with van der Waals surface area (Å²) in [5.41, 5.74) is 6.58. The fourth-order valence-electron chi connectivity index (χ4n) is 0.262. The van der Waals surface area contributed by atoms with Crippen molar-refractivity contribution in [1.82, 2.24) is 5.73 Å². The fourth-order valence-corrected chi connectivity index (χ4v) is 0.262. The summed E-state index contributed by atoms with van der Waals surface area (Å²) in [6, 6.07) is -1.54. The van der Waals surface area contributed by atoms with E-state index in [1.807, 2.05) is 0 Å². The summed E-state index contributed by atoms with van der Waals surface area (Å²) in [6.45, 7) is 0. The first-order valence-corrected chi connectivity index (χ1v) is 2.19. The van der Waals surface area contributed by atoms with Gasteiger partial charge in [0, 0.05) is 0 Å². The molecule has 0 aliphatic carbocycles. The Labute approximate surface area is 51.1 Å². The molecular weight excluding hydrogens is 126 g/mol. The molecule has 0 fully saturated rings. The minimum absolute atomic E-state index is 0.644. The molecule has 0 aromatic carbocycles. The molecule has 9 heavy (non-hydrogen) atoms. The van der Waals surface area contributed by atoms with Crippen LogP contribution in [0.5, 0.6) is 0 Å². The summed E-state index contributed by atoms with van der Waals surface area (Å²) in [5.74, 6) is -2.67. The van der Waals surface area contributed by atoms with Crippen LogP contribution in [0.1, 0.15) is 6.42 Å². The molecule has 0 spiro atoms. The van der Waals surface area contributed by atoms with E-state index in [-0.39, 0.29) is 0 Å². The number of rotatable bonds is 3. The summed E-state index contributed by atoms with van der Waals surface area (Å²) in [6.07, 6.45) is -0.644. The van der Waals surface area contributed by atoms with Crippen molar-refractivity contribution in [3.63, 3.8) is 0 Å². The summed E-state index contributed by atoms with van der Waals surface area (Å²) >= 11 is 0. The highest BCUT2D eigenvalue weighted by Gasteiger charge is 2.15. The van der Waals surface area contributed by atoms with Gasteiger partial charge < -0.3 is 10.2 Å². The number of nitrogens with one attached hydrogen (secondary N) is 1. The molecule has 0 aliphatic rings. The van der Waals surface area contributed by atoms with Crippen molar-refractivity contribution >= 4 is 11.9 Å². The van der Waals surface area contributed by atoms with E-state index in [1.165, 1.54) is 0 Å². The van der Waals surface area contributed by atoms with Crippen LogP contribution in [0.15, 0.2) is 0 Å². The summed E-state index contributed by atoms with van der Waals surface area (Å²) in [4.78, 5) is 19.5. The first kappa shape index (κ1) is 7.90. The molecule has 0 saturated heterocycles. The number of hydrogen-bond acceptors (Lipinski definition) is 2. The SMILES string of the molecule is [NH]C(CC(=O)O)C(=O)O. The van der Waals surface area contributed by atoms with E-state index in [1.54, 1.807) is 0 Å². The van der Waals surface area contributed by atoms with Crippen molar-refractivity contribution in [2.75, 3.05) is 0 Å². The first-order valence-electron chi connectivity index (χ1n) is 2.19. The minimum Gasteiger partial charge on any atom is -0.481 e. The standard InChI is InChI=1S/C4H6NO4/c5-2(4(8)9)1-3(6)7/h2,5H,1H2,(H,6,7)(H,8,9). The maximum absolute atomic E-state index is 9.78. The second kappa shape index (κ2) is 3.03. The fraction of sp³-hybridized carbons (Fsp3) is 0.500. The highest BCUT2D eigenvalue weighted by atomic mass is 16.4. The van der Waals surface area contributed by atoms with E-state index < -0.39 is 24.4 Å². The van der Waals surface area contributed by atoms with Crippen LogP contribution in [0.4, 0.5) is 0 Å². The van der Waals surface area contributed by atoms with E-state index in [9.17, 15) is 9.59 Å². The zero-order valence-corrected chi connectivity index (χ0v) is 4.50. The molecule has 0 rings (SSSR count). The Morgan fingerprint density at radius 3 is 2.00 bits per heavy atom. The van der Waals surface area contributed by atoms with Gasteiger partial charge in [0.15, 0.2) is 0 Å². The Morgan fingerprint density at radius 2 is 1.89 bits per heavy atom. The van der Waals surface area contributed by atoms with Crippen molar-refractivity contribution in [1.29, 1.82) is 0 Å². The molecule has 1 atom stereocenters. The lowest BCUT2D eigenvalue weighted by molar-refractivity contribution is -0.145. The van der Waals surface area contributed by atoms with Crippen LogP contribution in [0.2, 0.25) is 0 Å². The van der Waals surface area contributed by atoms with Crippen LogP contribution < -0.4 is 5.73 Å². The van der Waals surface area contributed by atoms with Gasteiger partial charge in [-0.1, -0.05) is 0 Å². The predicted molar refractivity (Wildman–Crippen MR) is 26.8 cm³/mol. The Bertz CT molecular complexity index is 133. The molecule has 0 saturated carbocycles. The molecule has 0 amide bonds. The third kappa shape index (κ3) is 3.48. The van der Waals surface area contributed by atoms with Crippen LogP contribution >= 0.6 is 0 Å². The van der Waals surface area contributed by atoms with Gasteiger partial charge in [-0.2, -0.15) is 0 Å². The predicted octanol–water partition coefficient (Wildman–Crippen LogP) is -0.803. The highest BCUT2D eigenvalue weighted by molar-refractivity contribution is 5.80. The smallest absolute Gasteiger partial charge is 0.322 e. The number of carboxylic acid groups (broad SMARTS) is 2. The molecular formula is C4H6NO4. The van der Waals surface area contributed by atoms with Gasteiger partial charge in [-0.15, -0.1) is 0 Å². The average Bonchev–Trinajstić information content (AvgIpc) is 1.63. The van der Waals surface area contributed by atoms with Gasteiger partial charge in [0.2, 0.25) is 0 Å². The normalized spacial score (nSPS) is 12.6. The monoisotopic (exact) mass is 132 g/mol. The van der Waals surface area contributed by atoms with E-state index >= 15 is 0 Å². The van der Waals surface area contributed by atoms with Crippen molar-refractivity contribution in [3.05, 3.63) is 0 Å². The van der Waals surface area contributed by atoms with Crippen LogP contribution in [0.3, 0.4) is 0 Å². The quantitative estimate of drug-likeness (QED) is 0.525. The zero-order chi connectivity index (χ0) is 7.44. The zero-order valence-electron chi connectivity index (χ0n) is 4.50. The summed E-state index contributed by atoms with van der Waals surface area (Å²) in [5, 5.41) is 15.9. The molecule has 0 aromatic rings. The second-order valence-electron chi connectivity index (χ2n) is 1.49. The summed E-state index contributed by atoms with van der Waals surface area (Å²) in [7, 11) is 0. The Morgan fingerprint density at radius 1 is 1.44 bits per heavy atom. The van der Waals surface area contributed by atoms with Crippen molar-refractivity contribution in [2.45, 2.75) is 12.5 Å². The second-order valence-corrected chi connectivity index (χ2v) is 1.49. The topological polar surface area (TPSA) is 98.4 Å². The van der Waals surface area contributed by atoms with E-state index in [0.29, 0.717) is 0 Å². The largest absolute Gasteiger partial charge is 0.481 e. The summed E-state index contributed by atoms with van der Waals surface area (Å²) < 4.78 is 0. The average molecular weight is 132 g/mol. The van der Waals surface area contributed by atoms with Crippen molar-refractivity contribution in [3.8, 4) is 0 Å². The molecule has 1 unspecified atom stereocenters. The lowest BCUT2D eigenvalue weighted by Gasteiger charge is -1.97. The van der Waals surface area contributed by atoms with Gasteiger partial charge in [0.05, 0.1) is 6.42 Å². The molecule has 0 bridgehead atoms. The lowest BCUT2D eigenvalue weighted by atomic mass is 10.2. The van der Waals surface area contributed by atoms with E-state index in [2.05, 4.69) is 0 Å². The number of aliphatic carboxylic acids is 2. The maximum Gasteiger partial charge on any atom is 0.322 e. The minimum atomic E-state index is -1.54. The molecule has 0 aromatic heterocycles. The molecule has 51 valence electrons. The lowest BCUT2D eigenvalue weighted by Crippen LogP contribution is -2.24. The highest BCUT2D eigenvalue weighted by Crippen LogP contribution is 1.88. The van der Waals surface area contributed by atoms with Crippen LogP contribution in [-0.2, 0) is 9.59 Å². The van der Waals surface area contributed by atoms with Crippen LogP contribution in [0.25, 0.3) is 0 Å². The Balaban J connectivity index is 3.63. The van der Waals surface area contributed by atoms with Gasteiger partial charge in [-0.25, -0.2) is 5.73 Å². The number of carboxylic acids is 2. The van der Waals surface area contributed by atoms with Gasteiger partial charge in [0.25, 0.3) is 0 Å². The Kier molecular flexibility index (Phi) is 2.66. The third-order valence-corrected chi connectivity index (χ3v) is 0.677. The molecule has 5 nitrogen and oxygen atoms in total. The molecule has 3 N–H and O–H groups in total. The van der Waals surface area contributed by atoms with Crippen molar-refractivity contribution < 1.29 is 19.8 Å². The van der Waals surface area contributed by atoms with Crippen LogP contribution in [0, 0.1) is 0 Å². The first-order chi connectivity index (χ1) is 4.04. The third-order valence-electron chi connectivity index (χ3n) is 0.677. The van der Waals surface area contributed by atoms with E-state index in [4.69, 9.17) is 15.9 Å². The van der Waals surface area contributed by atoms with Gasteiger partial charge >= 0.3 is 11.9 Å². The van der Waals surface area contributed by atoms with E-state index in [0.717, 1.165) is 0 Å². The van der Waals surface area contributed by atoms with Gasteiger partial charge in [-0.3, -0.25) is 9.59 Å².